The van der Waals surface area contributed by atoms with E-state index < -0.39 is 17.6 Å². The van der Waals surface area contributed by atoms with Gasteiger partial charge in [0, 0.05) is 11.1 Å². The molecule has 0 unspecified atom stereocenters. The molecule has 112 valence electrons. The highest BCUT2D eigenvalue weighted by molar-refractivity contribution is 5.69. The molecular weight excluding hydrogens is 296 g/mol. The Balaban J connectivity index is 2.15. The lowest BCUT2D eigenvalue weighted by Crippen LogP contribution is -2.04. The van der Waals surface area contributed by atoms with Crippen molar-refractivity contribution in [3.05, 3.63) is 72.0 Å². The minimum atomic E-state index is -4.53. The van der Waals surface area contributed by atoms with Crippen molar-refractivity contribution in [1.82, 2.24) is 0 Å². The van der Waals surface area contributed by atoms with Crippen LogP contribution in [-0.4, -0.2) is 0 Å². The lowest BCUT2D eigenvalue weighted by molar-refractivity contribution is -0.137. The molecule has 0 fully saturated rings. The van der Waals surface area contributed by atoms with Gasteiger partial charge in [-0.1, -0.05) is 30.3 Å². The second-order valence-electron chi connectivity index (χ2n) is 4.72. The van der Waals surface area contributed by atoms with Gasteiger partial charge in [-0.3, -0.25) is 0 Å². The van der Waals surface area contributed by atoms with Gasteiger partial charge in [0.25, 0.3) is 0 Å². The molecule has 0 N–H and O–H groups in total. The fourth-order valence-corrected chi connectivity index (χ4v) is 2.16. The Kier molecular flexibility index (Phi) is 3.48. The van der Waals surface area contributed by atoms with Gasteiger partial charge in [-0.25, -0.2) is 4.39 Å². The molecule has 3 rings (SSSR count). The number of furan rings is 1. The lowest BCUT2D eigenvalue weighted by Gasteiger charge is -2.05. The summed E-state index contributed by atoms with van der Waals surface area (Å²) in [5, 5.41) is 0. The number of halogens is 4. The van der Waals surface area contributed by atoms with E-state index in [2.05, 4.69) is 0 Å². The molecule has 0 spiro atoms. The third kappa shape index (κ3) is 2.74. The third-order valence-corrected chi connectivity index (χ3v) is 3.20. The maximum absolute atomic E-state index is 13.2. The molecule has 2 aromatic carbocycles. The van der Waals surface area contributed by atoms with Crippen LogP contribution in [0, 0.1) is 5.82 Å². The minimum absolute atomic E-state index is 0.0474. The number of alkyl halides is 3. The van der Waals surface area contributed by atoms with Gasteiger partial charge in [-0.2, -0.15) is 13.2 Å². The summed E-state index contributed by atoms with van der Waals surface area (Å²) in [6, 6.07) is 14.1. The summed E-state index contributed by atoms with van der Waals surface area (Å²) in [4.78, 5) is 0. The molecule has 0 saturated carbocycles. The van der Waals surface area contributed by atoms with Crippen molar-refractivity contribution in [2.75, 3.05) is 0 Å². The quantitative estimate of drug-likeness (QED) is 0.548. The van der Waals surface area contributed by atoms with Gasteiger partial charge in [0.1, 0.15) is 22.9 Å². The largest absolute Gasteiger partial charge is 0.455 e. The molecule has 0 saturated heterocycles. The van der Waals surface area contributed by atoms with E-state index in [1.54, 1.807) is 30.3 Å². The van der Waals surface area contributed by atoms with E-state index in [0.717, 1.165) is 6.07 Å². The van der Waals surface area contributed by atoms with Crippen LogP contribution in [0.25, 0.3) is 22.6 Å². The standard InChI is InChI=1S/C17H10F4O/c18-13-8-6-11(7-9-13)15-10-14(17(19,20)21)16(22-15)12-4-2-1-3-5-12/h1-10H. The average Bonchev–Trinajstić information content (AvgIpc) is 2.94. The first-order valence-corrected chi connectivity index (χ1v) is 6.47. The molecular formula is C17H10F4O. The van der Waals surface area contributed by atoms with Gasteiger partial charge in [0.2, 0.25) is 0 Å². The zero-order valence-electron chi connectivity index (χ0n) is 11.2. The fraction of sp³-hybridized carbons (Fsp3) is 0.0588. The molecule has 0 radical (unpaired) electrons. The Morgan fingerprint density at radius 2 is 1.41 bits per heavy atom. The highest BCUT2D eigenvalue weighted by Gasteiger charge is 2.37. The van der Waals surface area contributed by atoms with Gasteiger partial charge >= 0.3 is 6.18 Å². The molecule has 1 aromatic heterocycles. The number of hydrogen-bond donors (Lipinski definition) is 0. The van der Waals surface area contributed by atoms with Crippen LogP contribution in [0.4, 0.5) is 17.6 Å². The Morgan fingerprint density at radius 1 is 0.773 bits per heavy atom. The van der Waals surface area contributed by atoms with E-state index in [9.17, 15) is 17.6 Å². The van der Waals surface area contributed by atoms with Gasteiger partial charge in [0.15, 0.2) is 0 Å². The maximum Gasteiger partial charge on any atom is 0.420 e. The monoisotopic (exact) mass is 306 g/mol. The molecule has 0 amide bonds. The number of benzene rings is 2. The first-order valence-electron chi connectivity index (χ1n) is 6.47. The highest BCUT2D eigenvalue weighted by Crippen LogP contribution is 2.41. The Bertz CT molecular complexity index is 771. The van der Waals surface area contributed by atoms with E-state index >= 15 is 0 Å². The van der Waals surface area contributed by atoms with Crippen LogP contribution < -0.4 is 0 Å². The van der Waals surface area contributed by atoms with Crippen molar-refractivity contribution in [3.8, 4) is 22.6 Å². The van der Waals surface area contributed by atoms with Gasteiger partial charge in [0.05, 0.1) is 0 Å². The molecule has 0 aliphatic heterocycles. The normalized spacial score (nSPS) is 11.6. The zero-order valence-corrected chi connectivity index (χ0v) is 11.2. The zero-order chi connectivity index (χ0) is 15.7. The summed E-state index contributed by atoms with van der Waals surface area (Å²) in [6.45, 7) is 0. The van der Waals surface area contributed by atoms with Crippen LogP contribution in [0.1, 0.15) is 5.56 Å². The Morgan fingerprint density at radius 3 is 2.00 bits per heavy atom. The van der Waals surface area contributed by atoms with E-state index in [1.165, 1.54) is 24.3 Å². The molecule has 0 aliphatic rings. The lowest BCUT2D eigenvalue weighted by atomic mass is 10.1. The molecule has 3 aromatic rings. The van der Waals surface area contributed by atoms with Gasteiger partial charge in [-0.05, 0) is 30.3 Å². The minimum Gasteiger partial charge on any atom is -0.455 e. The van der Waals surface area contributed by atoms with Crippen LogP contribution in [0.3, 0.4) is 0 Å². The van der Waals surface area contributed by atoms with Crippen LogP contribution in [-0.2, 0) is 6.18 Å². The van der Waals surface area contributed by atoms with Crippen LogP contribution in [0.5, 0.6) is 0 Å². The smallest absolute Gasteiger partial charge is 0.420 e. The SMILES string of the molecule is Fc1ccc(-c2cc(C(F)(F)F)c(-c3ccccc3)o2)cc1. The Labute approximate surface area is 123 Å². The molecule has 1 heterocycles. The average molecular weight is 306 g/mol. The molecule has 1 nitrogen and oxygen atoms in total. The van der Waals surface area contributed by atoms with Crippen LogP contribution in [0.2, 0.25) is 0 Å². The summed E-state index contributed by atoms with van der Waals surface area (Å²) in [5.74, 6) is -0.659. The van der Waals surface area contributed by atoms with E-state index in [-0.39, 0.29) is 11.5 Å². The van der Waals surface area contributed by atoms with Crippen LogP contribution >= 0.6 is 0 Å². The molecule has 5 heteroatoms. The topological polar surface area (TPSA) is 13.1 Å². The van der Waals surface area contributed by atoms with Gasteiger partial charge < -0.3 is 4.42 Å². The van der Waals surface area contributed by atoms with Gasteiger partial charge in [-0.15, -0.1) is 0 Å². The van der Waals surface area contributed by atoms with Crippen molar-refractivity contribution >= 4 is 0 Å². The fourth-order valence-electron chi connectivity index (χ4n) is 2.16. The van der Waals surface area contributed by atoms with E-state index in [0.29, 0.717) is 11.1 Å². The maximum atomic E-state index is 13.2. The van der Waals surface area contributed by atoms with Crippen molar-refractivity contribution in [2.45, 2.75) is 6.18 Å². The molecule has 0 aliphatic carbocycles. The van der Waals surface area contributed by atoms with Crippen molar-refractivity contribution in [2.24, 2.45) is 0 Å². The number of hydrogen-bond acceptors (Lipinski definition) is 1. The summed E-state index contributed by atoms with van der Waals surface area (Å²) in [5.41, 5.74) is -0.129. The molecule has 0 atom stereocenters. The van der Waals surface area contributed by atoms with Crippen molar-refractivity contribution in [1.29, 1.82) is 0 Å². The molecule has 0 bridgehead atoms. The Hall–Kier alpha value is -2.56. The predicted octanol–water partition coefficient (Wildman–Crippen LogP) is 5.77. The van der Waals surface area contributed by atoms with E-state index in [1.807, 2.05) is 0 Å². The summed E-state index contributed by atoms with van der Waals surface area (Å²) >= 11 is 0. The highest BCUT2D eigenvalue weighted by atomic mass is 19.4. The summed E-state index contributed by atoms with van der Waals surface area (Å²) in [7, 11) is 0. The summed E-state index contributed by atoms with van der Waals surface area (Å²) in [6.07, 6.45) is -4.53. The van der Waals surface area contributed by atoms with Crippen LogP contribution in [0.15, 0.2) is 65.1 Å². The number of rotatable bonds is 2. The predicted molar refractivity (Wildman–Crippen MR) is 74.5 cm³/mol. The van der Waals surface area contributed by atoms with Crippen molar-refractivity contribution < 1.29 is 22.0 Å². The first-order chi connectivity index (χ1) is 10.4. The summed E-state index contributed by atoms with van der Waals surface area (Å²) < 4.78 is 58.0. The second-order valence-corrected chi connectivity index (χ2v) is 4.72. The van der Waals surface area contributed by atoms with E-state index in [4.69, 9.17) is 4.42 Å². The molecule has 22 heavy (non-hydrogen) atoms. The second kappa shape index (κ2) is 5.33. The van der Waals surface area contributed by atoms with Crippen molar-refractivity contribution in [3.63, 3.8) is 0 Å². The third-order valence-electron chi connectivity index (χ3n) is 3.20. The first kappa shape index (κ1) is 14.4.